The molecule has 0 aliphatic heterocycles. The lowest BCUT2D eigenvalue weighted by atomic mass is 9.68. The lowest BCUT2D eigenvalue weighted by molar-refractivity contribution is -0.166. The van der Waals surface area contributed by atoms with E-state index in [1.807, 2.05) is 126 Å². The predicted molar refractivity (Wildman–Crippen MR) is 187 cm³/mol. The van der Waals surface area contributed by atoms with E-state index < -0.39 is 11.6 Å². The summed E-state index contributed by atoms with van der Waals surface area (Å²) in [5.74, 6) is 0. The first kappa shape index (κ1) is 27.8. The lowest BCUT2D eigenvalue weighted by Gasteiger charge is -2.38. The molecule has 0 aliphatic carbocycles. The smallest absolute Gasteiger partial charge is 0.344 e. The fraction of sp³-hybridized carbons (Fsp3) is 0.122. The van der Waals surface area contributed by atoms with Crippen LogP contribution in [0.25, 0.3) is 65.4 Å². The van der Waals surface area contributed by atoms with Gasteiger partial charge in [-0.05, 0) is 71.3 Å². The van der Waals surface area contributed by atoms with E-state index in [1.54, 1.807) is 36.4 Å². The maximum absolute atomic E-state index is 16.6. The molecule has 6 aromatic carbocycles. The van der Waals surface area contributed by atoms with Gasteiger partial charge in [0.05, 0.1) is 0 Å². The Labute approximate surface area is 268 Å². The fourth-order valence-corrected chi connectivity index (χ4v) is 8.19. The highest BCUT2D eigenvalue weighted by Gasteiger charge is 2.58. The molecule has 0 saturated carbocycles. The van der Waals surface area contributed by atoms with Crippen LogP contribution in [-0.4, -0.2) is 19.9 Å². The molecule has 0 unspecified atom stereocenters. The minimum Gasteiger partial charge on any atom is -0.344 e. The number of para-hydroxylation sites is 3. The highest BCUT2D eigenvalue weighted by atomic mass is 19.4. The van der Waals surface area contributed by atoms with Crippen LogP contribution in [0.2, 0.25) is 0 Å². The van der Waals surface area contributed by atoms with Gasteiger partial charge in [0.25, 0.3) is 0 Å². The van der Waals surface area contributed by atoms with Gasteiger partial charge in [-0.2, -0.15) is 13.2 Å². The van der Waals surface area contributed by atoms with Gasteiger partial charge in [-0.25, -0.2) is 0 Å². The lowest BCUT2D eigenvalue weighted by Crippen LogP contribution is -2.44. The van der Waals surface area contributed by atoms with Crippen LogP contribution in [0.15, 0.2) is 127 Å². The van der Waals surface area contributed by atoms with Crippen LogP contribution in [0.5, 0.6) is 0 Å². The minimum atomic E-state index is -4.69. The van der Waals surface area contributed by atoms with Gasteiger partial charge in [-0.1, -0.05) is 72.8 Å². The summed E-state index contributed by atoms with van der Waals surface area (Å²) in [4.78, 5) is 0. The third-order valence-corrected chi connectivity index (χ3v) is 10.5. The van der Waals surface area contributed by atoms with Crippen molar-refractivity contribution in [2.45, 2.75) is 11.6 Å². The van der Waals surface area contributed by atoms with E-state index in [2.05, 4.69) is 0 Å². The van der Waals surface area contributed by atoms with Crippen molar-refractivity contribution in [2.24, 2.45) is 21.1 Å². The maximum Gasteiger partial charge on any atom is 0.406 e. The quantitative estimate of drug-likeness (QED) is 0.174. The first-order valence-electron chi connectivity index (χ1n) is 15.7. The van der Waals surface area contributed by atoms with Crippen LogP contribution < -0.4 is 0 Å². The van der Waals surface area contributed by atoms with Crippen molar-refractivity contribution in [1.82, 2.24) is 13.7 Å². The third-order valence-electron chi connectivity index (χ3n) is 10.5. The van der Waals surface area contributed by atoms with Crippen LogP contribution in [0, 0.1) is 0 Å². The number of hydrogen-bond acceptors (Lipinski definition) is 0. The van der Waals surface area contributed by atoms with Gasteiger partial charge in [0.15, 0.2) is 0 Å². The van der Waals surface area contributed by atoms with Crippen molar-refractivity contribution in [3.8, 4) is 0 Å². The summed E-state index contributed by atoms with van der Waals surface area (Å²) in [5.41, 5.74) is 3.70. The van der Waals surface area contributed by atoms with Gasteiger partial charge in [-0.15, -0.1) is 0 Å². The number of halogens is 3. The summed E-state index contributed by atoms with van der Waals surface area (Å²) in [7, 11) is 5.89. The monoisotopic (exact) mass is 621 g/mol. The standard InChI is InChI=1S/C41H30F3N3/c1-45-34-13-7-4-10-28(34)31-22-25(16-19-37(31)45)40(41(42,43)44,26-17-20-38-32(23-26)29-11-5-8-14-35(29)46(38)2)27-18-21-39-33(24-27)30-12-6-9-15-36(30)47(39)3/h4-24H,1-3H3. The molecule has 3 nitrogen and oxygen atoms in total. The number of rotatable bonds is 3. The van der Waals surface area contributed by atoms with E-state index in [0.717, 1.165) is 65.4 Å². The van der Waals surface area contributed by atoms with Crippen molar-refractivity contribution >= 4 is 65.4 Å². The highest BCUT2D eigenvalue weighted by molar-refractivity contribution is 6.10. The summed E-state index contributed by atoms with van der Waals surface area (Å²) in [5, 5.41) is 5.18. The SMILES string of the molecule is Cn1c2ccccc2c2cc(C(c3ccc4c(c3)c3ccccc3n4C)(c3ccc4c(c3)c3ccccc3n4C)C(F)(F)F)ccc21. The molecule has 6 heteroatoms. The zero-order valence-corrected chi connectivity index (χ0v) is 26.1. The molecule has 47 heavy (non-hydrogen) atoms. The van der Waals surface area contributed by atoms with E-state index in [1.165, 1.54) is 0 Å². The number of hydrogen-bond donors (Lipinski definition) is 0. The Morgan fingerprint density at radius 2 is 0.638 bits per heavy atom. The minimum absolute atomic E-state index is 0.188. The number of alkyl halides is 3. The summed E-state index contributed by atoms with van der Waals surface area (Å²) in [6.07, 6.45) is -4.69. The molecule has 0 fully saturated rings. The Bertz CT molecular complexity index is 2430. The van der Waals surface area contributed by atoms with Crippen molar-refractivity contribution < 1.29 is 13.2 Å². The Hall–Kier alpha value is -5.49. The Morgan fingerprint density at radius 3 is 0.936 bits per heavy atom. The van der Waals surface area contributed by atoms with Gasteiger partial charge in [0, 0.05) is 86.6 Å². The molecular formula is C41H30F3N3. The molecule has 0 saturated heterocycles. The highest BCUT2D eigenvalue weighted by Crippen LogP contribution is 2.53. The molecule has 3 heterocycles. The molecule has 0 bridgehead atoms. The topological polar surface area (TPSA) is 14.8 Å². The Morgan fingerprint density at radius 1 is 0.362 bits per heavy atom. The zero-order chi connectivity index (χ0) is 32.2. The van der Waals surface area contributed by atoms with Crippen LogP contribution in [0.1, 0.15) is 16.7 Å². The molecule has 230 valence electrons. The van der Waals surface area contributed by atoms with Gasteiger partial charge >= 0.3 is 6.18 Å². The molecule has 3 aromatic heterocycles. The predicted octanol–water partition coefficient (Wildman–Crippen LogP) is 10.5. The second-order valence-corrected chi connectivity index (χ2v) is 12.7. The number of nitrogens with zero attached hydrogens (tertiary/aromatic N) is 3. The second-order valence-electron chi connectivity index (χ2n) is 12.7. The van der Waals surface area contributed by atoms with E-state index in [4.69, 9.17) is 0 Å². The normalized spacial score (nSPS) is 12.9. The fourth-order valence-electron chi connectivity index (χ4n) is 8.19. The number of aryl methyl sites for hydroxylation is 3. The largest absolute Gasteiger partial charge is 0.406 e. The van der Waals surface area contributed by atoms with Gasteiger partial charge < -0.3 is 13.7 Å². The van der Waals surface area contributed by atoms with Crippen molar-refractivity contribution in [3.63, 3.8) is 0 Å². The molecule has 0 amide bonds. The Balaban J connectivity index is 1.44. The van der Waals surface area contributed by atoms with Crippen molar-refractivity contribution in [2.75, 3.05) is 0 Å². The van der Waals surface area contributed by atoms with Crippen LogP contribution in [0.3, 0.4) is 0 Å². The first-order chi connectivity index (χ1) is 22.7. The van der Waals surface area contributed by atoms with Gasteiger partial charge in [0.2, 0.25) is 0 Å². The van der Waals surface area contributed by atoms with Crippen LogP contribution in [-0.2, 0) is 26.6 Å². The first-order valence-corrected chi connectivity index (χ1v) is 15.7. The Kier molecular flexibility index (Phi) is 5.63. The molecule has 0 spiro atoms. The molecule has 0 N–H and O–H groups in total. The average Bonchev–Trinajstić information content (AvgIpc) is 3.65. The van der Waals surface area contributed by atoms with Crippen LogP contribution >= 0.6 is 0 Å². The molecule has 0 aliphatic rings. The molecule has 9 aromatic rings. The number of fused-ring (bicyclic) bond motifs is 9. The summed E-state index contributed by atoms with van der Waals surface area (Å²) >= 11 is 0. The van der Waals surface area contributed by atoms with Gasteiger partial charge in [-0.3, -0.25) is 0 Å². The van der Waals surface area contributed by atoms with Crippen LogP contribution in [0.4, 0.5) is 13.2 Å². The van der Waals surface area contributed by atoms with E-state index in [0.29, 0.717) is 0 Å². The van der Waals surface area contributed by atoms with E-state index >= 15 is 13.2 Å². The molecule has 9 rings (SSSR count). The maximum atomic E-state index is 16.6. The second kappa shape index (κ2) is 9.52. The third kappa shape index (κ3) is 3.58. The zero-order valence-electron chi connectivity index (χ0n) is 26.1. The summed E-state index contributed by atoms with van der Waals surface area (Å²) in [6.45, 7) is 0. The van der Waals surface area contributed by atoms with Gasteiger partial charge in [0.1, 0.15) is 5.41 Å². The molecule has 0 radical (unpaired) electrons. The number of aromatic nitrogens is 3. The summed E-state index contributed by atoms with van der Waals surface area (Å²) < 4.78 is 55.9. The molecular weight excluding hydrogens is 591 g/mol. The van der Waals surface area contributed by atoms with E-state index in [9.17, 15) is 0 Å². The summed E-state index contributed by atoms with van der Waals surface area (Å²) in [6, 6.07) is 39.6. The molecule has 0 atom stereocenters. The van der Waals surface area contributed by atoms with E-state index in [-0.39, 0.29) is 16.7 Å². The van der Waals surface area contributed by atoms with Crippen molar-refractivity contribution in [1.29, 1.82) is 0 Å². The van der Waals surface area contributed by atoms with Crippen molar-refractivity contribution in [3.05, 3.63) is 144 Å². The average molecular weight is 622 g/mol. The number of benzene rings is 6.